The first kappa shape index (κ1) is 23.5. The largest absolute Gasteiger partial charge is 0.491 e. The third-order valence-corrected chi connectivity index (χ3v) is 5.55. The van der Waals surface area contributed by atoms with Crippen molar-refractivity contribution in [3.05, 3.63) is 76.9 Å². The number of halogens is 1. The van der Waals surface area contributed by atoms with E-state index < -0.39 is 0 Å². The van der Waals surface area contributed by atoms with Crippen LogP contribution in [0.2, 0.25) is 0 Å². The average Bonchev–Trinajstić information content (AvgIpc) is 2.80. The van der Waals surface area contributed by atoms with Crippen molar-refractivity contribution < 1.29 is 13.9 Å². The van der Waals surface area contributed by atoms with Crippen LogP contribution in [0, 0.1) is 5.82 Å². The third-order valence-electron chi connectivity index (χ3n) is 5.55. The smallest absolute Gasteiger partial charge is 0.222 e. The van der Waals surface area contributed by atoms with Gasteiger partial charge in [0, 0.05) is 18.7 Å². The summed E-state index contributed by atoms with van der Waals surface area (Å²) < 4.78 is 26.4. The Morgan fingerprint density at radius 1 is 1.00 bits per heavy atom. The van der Waals surface area contributed by atoms with Gasteiger partial charge in [-0.2, -0.15) is 0 Å². The van der Waals surface area contributed by atoms with Crippen LogP contribution >= 0.6 is 0 Å². The van der Waals surface area contributed by atoms with Gasteiger partial charge in [-0.15, -0.1) is 0 Å². The molecule has 0 saturated heterocycles. The lowest BCUT2D eigenvalue weighted by molar-refractivity contribution is 0.301. The Morgan fingerprint density at radius 2 is 1.75 bits per heavy atom. The summed E-state index contributed by atoms with van der Waals surface area (Å²) in [6, 6.07) is 13.4. The molecule has 2 aromatic carbocycles. The highest BCUT2D eigenvalue weighted by Crippen LogP contribution is 2.36. The maximum Gasteiger partial charge on any atom is 0.222 e. The molecule has 0 aliphatic rings. The Bertz CT molecular complexity index is 1040. The van der Waals surface area contributed by atoms with Gasteiger partial charge in [0.2, 0.25) is 5.95 Å². The number of hydrogen-bond acceptors (Lipinski definition) is 5. The minimum Gasteiger partial charge on any atom is -0.491 e. The Balaban J connectivity index is 1.79. The second-order valence-corrected chi connectivity index (χ2v) is 8.19. The first-order chi connectivity index (χ1) is 15.4. The van der Waals surface area contributed by atoms with E-state index in [0.717, 1.165) is 41.0 Å². The van der Waals surface area contributed by atoms with E-state index in [0.29, 0.717) is 24.9 Å². The van der Waals surface area contributed by atoms with E-state index in [9.17, 15) is 4.39 Å². The highest BCUT2D eigenvalue weighted by Gasteiger charge is 2.26. The van der Waals surface area contributed by atoms with Crippen molar-refractivity contribution >= 4 is 5.95 Å². The molecule has 1 N–H and O–H groups in total. The van der Waals surface area contributed by atoms with Gasteiger partial charge in [0.25, 0.3) is 0 Å². The summed E-state index contributed by atoms with van der Waals surface area (Å²) in [6.07, 6.45) is 3.41. The number of aryl methyl sites for hydroxylation is 1. The molecule has 0 unspecified atom stereocenters. The fourth-order valence-corrected chi connectivity index (χ4v) is 3.66. The van der Waals surface area contributed by atoms with Crippen molar-refractivity contribution in [1.82, 2.24) is 9.97 Å². The van der Waals surface area contributed by atoms with Crippen LogP contribution in [0.15, 0.2) is 48.7 Å². The molecule has 0 aliphatic carbocycles. The number of aromatic nitrogens is 2. The molecule has 1 aromatic heterocycles. The summed E-state index contributed by atoms with van der Waals surface area (Å²) in [4.78, 5) is 8.47. The standard InChI is InChI=1S/C26H32FN3O2/c1-6-8-18-15-20(16-23(27)24(18)31-7-2)26(3,4)19-9-11-22(12-10-19)32-17-21-13-14-29-25(28-5)30-21/h9-16H,6-8,17H2,1-5H3,(H,28,29,30). The van der Waals surface area contributed by atoms with Gasteiger partial charge in [-0.1, -0.05) is 45.4 Å². The number of hydrogen-bond donors (Lipinski definition) is 1. The number of anilines is 1. The normalized spacial score (nSPS) is 11.3. The molecule has 0 aliphatic heterocycles. The van der Waals surface area contributed by atoms with Crippen molar-refractivity contribution in [2.24, 2.45) is 0 Å². The van der Waals surface area contributed by atoms with E-state index in [1.54, 1.807) is 19.3 Å². The molecule has 0 amide bonds. The van der Waals surface area contributed by atoms with Gasteiger partial charge in [0.1, 0.15) is 12.4 Å². The van der Waals surface area contributed by atoms with E-state index in [-0.39, 0.29) is 11.2 Å². The van der Waals surface area contributed by atoms with Crippen LogP contribution in [-0.2, 0) is 18.4 Å². The fraction of sp³-hybridized carbons (Fsp3) is 0.385. The molecule has 0 saturated carbocycles. The van der Waals surface area contributed by atoms with Crippen LogP contribution in [0.1, 0.15) is 56.5 Å². The molecule has 0 fully saturated rings. The molecule has 3 rings (SSSR count). The molecule has 5 nitrogen and oxygen atoms in total. The molecule has 3 aromatic rings. The van der Waals surface area contributed by atoms with E-state index in [2.05, 4.69) is 42.1 Å². The van der Waals surface area contributed by atoms with E-state index in [1.807, 2.05) is 37.3 Å². The summed E-state index contributed by atoms with van der Waals surface area (Å²) in [5, 5.41) is 2.92. The first-order valence-corrected chi connectivity index (χ1v) is 11.1. The maximum absolute atomic E-state index is 14.9. The van der Waals surface area contributed by atoms with Gasteiger partial charge in [-0.05, 0) is 54.3 Å². The van der Waals surface area contributed by atoms with Crippen molar-refractivity contribution in [3.8, 4) is 11.5 Å². The molecule has 0 radical (unpaired) electrons. The van der Waals surface area contributed by atoms with Crippen LogP contribution in [0.5, 0.6) is 11.5 Å². The minimum atomic E-state index is -0.374. The molecule has 6 heteroatoms. The molecule has 1 heterocycles. The SMILES string of the molecule is CCCc1cc(C(C)(C)c2ccc(OCc3ccnc(NC)n3)cc2)cc(F)c1OCC. The first-order valence-electron chi connectivity index (χ1n) is 11.1. The van der Waals surface area contributed by atoms with Crippen molar-refractivity contribution in [1.29, 1.82) is 0 Å². The topological polar surface area (TPSA) is 56.3 Å². The second kappa shape index (κ2) is 10.4. The minimum absolute atomic E-state index is 0.299. The number of rotatable bonds is 10. The molecule has 0 bridgehead atoms. The molecular formula is C26H32FN3O2. The number of ether oxygens (including phenoxy) is 2. The summed E-state index contributed by atoms with van der Waals surface area (Å²) in [7, 11) is 1.78. The zero-order valence-corrected chi connectivity index (χ0v) is 19.5. The Morgan fingerprint density at radius 3 is 2.41 bits per heavy atom. The monoisotopic (exact) mass is 437 g/mol. The Hall–Kier alpha value is -3.15. The summed E-state index contributed by atoms with van der Waals surface area (Å²) in [5.41, 5.74) is 3.35. The lowest BCUT2D eigenvalue weighted by Crippen LogP contribution is -2.20. The summed E-state index contributed by atoms with van der Waals surface area (Å²) in [5.74, 6) is 1.39. The van der Waals surface area contributed by atoms with Gasteiger partial charge >= 0.3 is 0 Å². The van der Waals surface area contributed by atoms with Crippen molar-refractivity contribution in [2.75, 3.05) is 19.0 Å². The van der Waals surface area contributed by atoms with Crippen LogP contribution < -0.4 is 14.8 Å². The van der Waals surface area contributed by atoms with Crippen LogP contribution in [0.4, 0.5) is 10.3 Å². The zero-order valence-electron chi connectivity index (χ0n) is 19.5. The van der Waals surface area contributed by atoms with Gasteiger partial charge in [0.15, 0.2) is 11.6 Å². The molecule has 0 spiro atoms. The zero-order chi connectivity index (χ0) is 23.1. The predicted molar refractivity (Wildman–Crippen MR) is 126 cm³/mol. The van der Waals surface area contributed by atoms with Crippen LogP contribution in [0.3, 0.4) is 0 Å². The van der Waals surface area contributed by atoms with E-state index >= 15 is 0 Å². The highest BCUT2D eigenvalue weighted by atomic mass is 19.1. The van der Waals surface area contributed by atoms with Crippen molar-refractivity contribution in [2.45, 2.75) is 52.6 Å². The Kier molecular flexibility index (Phi) is 7.67. The third kappa shape index (κ3) is 5.36. The Labute approximate surface area is 190 Å². The highest BCUT2D eigenvalue weighted by molar-refractivity contribution is 5.46. The lowest BCUT2D eigenvalue weighted by atomic mass is 9.77. The quantitative estimate of drug-likeness (QED) is 0.427. The van der Waals surface area contributed by atoms with Gasteiger partial charge in [-0.25, -0.2) is 14.4 Å². The number of nitrogens with zero attached hydrogens (tertiary/aromatic N) is 2. The fourth-order valence-electron chi connectivity index (χ4n) is 3.66. The summed E-state index contributed by atoms with van der Waals surface area (Å²) in [6.45, 7) is 8.97. The number of nitrogens with one attached hydrogen (secondary N) is 1. The lowest BCUT2D eigenvalue weighted by Gasteiger charge is -2.28. The average molecular weight is 438 g/mol. The van der Waals surface area contributed by atoms with Gasteiger partial charge in [-0.3, -0.25) is 0 Å². The molecule has 170 valence electrons. The summed E-state index contributed by atoms with van der Waals surface area (Å²) >= 11 is 0. The predicted octanol–water partition coefficient (Wildman–Crippen LogP) is 5.91. The second-order valence-electron chi connectivity index (χ2n) is 8.19. The van der Waals surface area contributed by atoms with Crippen molar-refractivity contribution in [3.63, 3.8) is 0 Å². The molecule has 32 heavy (non-hydrogen) atoms. The van der Waals surface area contributed by atoms with Crippen LogP contribution in [-0.4, -0.2) is 23.6 Å². The van der Waals surface area contributed by atoms with Gasteiger partial charge in [0.05, 0.1) is 12.3 Å². The molecule has 0 atom stereocenters. The van der Waals surface area contributed by atoms with Gasteiger partial charge < -0.3 is 14.8 Å². The number of benzene rings is 2. The van der Waals surface area contributed by atoms with E-state index in [1.165, 1.54) is 0 Å². The van der Waals surface area contributed by atoms with E-state index in [4.69, 9.17) is 9.47 Å². The molecular weight excluding hydrogens is 405 g/mol. The van der Waals surface area contributed by atoms with Crippen LogP contribution in [0.25, 0.3) is 0 Å². The maximum atomic E-state index is 14.9.